The number of rotatable bonds is 4. The zero-order chi connectivity index (χ0) is 14.1. The fourth-order valence-corrected chi connectivity index (χ4v) is 2.66. The molecule has 2 aliphatic heterocycles. The monoisotopic (exact) mass is 278 g/mol. The number of amides is 3. The predicted octanol–water partition coefficient (Wildman–Crippen LogP) is -0.620. The molecule has 7 heteroatoms. The number of likely N-dealkylation sites (tertiary alicyclic amines) is 1. The lowest BCUT2D eigenvalue weighted by Crippen LogP contribution is -2.39. The summed E-state index contributed by atoms with van der Waals surface area (Å²) in [5.41, 5.74) is 2.66. The first-order valence-corrected chi connectivity index (χ1v) is 7.06. The van der Waals surface area contributed by atoms with Gasteiger partial charge >= 0.3 is 0 Å². The molecular formula is C13H18N4O3. The van der Waals surface area contributed by atoms with Crippen LogP contribution in [-0.4, -0.2) is 47.5 Å². The molecule has 0 aromatic rings. The topological polar surface area (TPSA) is 90.9 Å². The summed E-state index contributed by atoms with van der Waals surface area (Å²) >= 11 is 0. The third-order valence-electron chi connectivity index (χ3n) is 3.94. The van der Waals surface area contributed by atoms with Crippen LogP contribution in [0.2, 0.25) is 0 Å². The van der Waals surface area contributed by atoms with Crippen LogP contribution in [0.3, 0.4) is 0 Å². The van der Waals surface area contributed by atoms with E-state index in [1.165, 1.54) is 0 Å². The summed E-state index contributed by atoms with van der Waals surface area (Å²) < 4.78 is 0. The number of nitrogens with zero attached hydrogens (tertiary/aromatic N) is 2. The van der Waals surface area contributed by atoms with Crippen molar-refractivity contribution in [2.75, 3.05) is 13.1 Å². The van der Waals surface area contributed by atoms with Gasteiger partial charge in [-0.2, -0.15) is 5.10 Å². The average Bonchev–Trinajstić information content (AvgIpc) is 3.21. The van der Waals surface area contributed by atoms with Crippen molar-refractivity contribution < 1.29 is 14.4 Å². The quantitative estimate of drug-likeness (QED) is 0.718. The van der Waals surface area contributed by atoms with E-state index in [4.69, 9.17) is 0 Å². The molecule has 2 N–H and O–H groups in total. The van der Waals surface area contributed by atoms with Gasteiger partial charge in [-0.1, -0.05) is 0 Å². The number of hydrogen-bond acceptors (Lipinski definition) is 4. The van der Waals surface area contributed by atoms with Crippen molar-refractivity contribution in [1.82, 2.24) is 15.6 Å². The van der Waals surface area contributed by atoms with Crippen LogP contribution in [0.4, 0.5) is 0 Å². The van der Waals surface area contributed by atoms with Gasteiger partial charge in [0.1, 0.15) is 5.71 Å². The second-order valence-electron chi connectivity index (χ2n) is 5.65. The maximum absolute atomic E-state index is 11.9. The summed E-state index contributed by atoms with van der Waals surface area (Å²) in [6.45, 7) is 1.23. The summed E-state index contributed by atoms with van der Waals surface area (Å²) in [7, 11) is 0. The Kier molecular flexibility index (Phi) is 3.42. The van der Waals surface area contributed by atoms with E-state index < -0.39 is 0 Å². The van der Waals surface area contributed by atoms with E-state index >= 15 is 0 Å². The minimum Gasteiger partial charge on any atom is -0.351 e. The third kappa shape index (κ3) is 2.81. The normalized spacial score (nSPS) is 26.3. The van der Waals surface area contributed by atoms with E-state index in [1.54, 1.807) is 0 Å². The van der Waals surface area contributed by atoms with Crippen LogP contribution in [-0.2, 0) is 14.4 Å². The standard InChI is InChI=1S/C13H18N4O3/c18-11-4-3-10(15-16-11)13(20)14-6-8-5-12(19)17(7-8)9-1-2-9/h8-9H,1-7H2,(H,14,20)(H,16,18). The maximum atomic E-state index is 11.9. The SMILES string of the molecule is O=C1CCC(C(=O)NCC2CC(=O)N(C3CC3)C2)=NN1. The van der Waals surface area contributed by atoms with Gasteiger partial charge in [0.15, 0.2) is 0 Å². The van der Waals surface area contributed by atoms with E-state index in [-0.39, 0.29) is 23.6 Å². The molecule has 20 heavy (non-hydrogen) atoms. The first-order chi connectivity index (χ1) is 9.63. The highest BCUT2D eigenvalue weighted by Crippen LogP contribution is 2.32. The van der Waals surface area contributed by atoms with Crippen molar-refractivity contribution in [2.45, 2.75) is 38.1 Å². The third-order valence-corrected chi connectivity index (χ3v) is 3.94. The summed E-state index contributed by atoms with van der Waals surface area (Å²) in [6, 6.07) is 0.445. The molecule has 3 aliphatic rings. The molecule has 3 amide bonds. The van der Waals surface area contributed by atoms with E-state index in [0.29, 0.717) is 37.6 Å². The Morgan fingerprint density at radius 1 is 1.35 bits per heavy atom. The van der Waals surface area contributed by atoms with Crippen LogP contribution in [0.15, 0.2) is 5.10 Å². The molecule has 0 aromatic carbocycles. The molecule has 1 saturated heterocycles. The van der Waals surface area contributed by atoms with Gasteiger partial charge in [-0.15, -0.1) is 0 Å². The van der Waals surface area contributed by atoms with E-state index in [0.717, 1.165) is 19.4 Å². The molecule has 0 bridgehead atoms. The van der Waals surface area contributed by atoms with Crippen LogP contribution in [0.5, 0.6) is 0 Å². The highest BCUT2D eigenvalue weighted by molar-refractivity contribution is 6.39. The Balaban J connectivity index is 1.46. The first-order valence-electron chi connectivity index (χ1n) is 7.06. The van der Waals surface area contributed by atoms with Crippen molar-refractivity contribution in [1.29, 1.82) is 0 Å². The molecular weight excluding hydrogens is 260 g/mol. The number of nitrogens with one attached hydrogen (secondary N) is 2. The van der Waals surface area contributed by atoms with Crippen LogP contribution < -0.4 is 10.7 Å². The van der Waals surface area contributed by atoms with Gasteiger partial charge < -0.3 is 10.2 Å². The van der Waals surface area contributed by atoms with Crippen molar-refractivity contribution in [3.8, 4) is 0 Å². The van der Waals surface area contributed by atoms with Crippen LogP contribution in [0.25, 0.3) is 0 Å². The average molecular weight is 278 g/mol. The van der Waals surface area contributed by atoms with E-state index in [1.807, 2.05) is 4.90 Å². The largest absolute Gasteiger partial charge is 0.351 e. The molecule has 0 aromatic heterocycles. The maximum Gasteiger partial charge on any atom is 0.267 e. The molecule has 0 spiro atoms. The molecule has 1 aliphatic carbocycles. The summed E-state index contributed by atoms with van der Waals surface area (Å²) in [5, 5.41) is 6.56. The predicted molar refractivity (Wildman–Crippen MR) is 70.7 cm³/mol. The number of hydrazone groups is 1. The summed E-state index contributed by atoms with van der Waals surface area (Å²) in [5.74, 6) is -0.0230. The van der Waals surface area contributed by atoms with Crippen LogP contribution >= 0.6 is 0 Å². The molecule has 2 heterocycles. The molecule has 0 radical (unpaired) electrons. The number of hydrogen-bond donors (Lipinski definition) is 2. The zero-order valence-electron chi connectivity index (χ0n) is 11.2. The summed E-state index contributed by atoms with van der Waals surface area (Å²) in [4.78, 5) is 36.6. The Labute approximate surface area is 116 Å². The molecule has 1 atom stereocenters. The fourth-order valence-electron chi connectivity index (χ4n) is 2.66. The second-order valence-corrected chi connectivity index (χ2v) is 5.65. The fraction of sp³-hybridized carbons (Fsp3) is 0.692. The van der Waals surface area contributed by atoms with Gasteiger partial charge in [-0.05, 0) is 12.8 Å². The van der Waals surface area contributed by atoms with Gasteiger partial charge in [-0.3, -0.25) is 14.4 Å². The molecule has 2 fully saturated rings. The lowest BCUT2D eigenvalue weighted by atomic mass is 10.1. The molecule has 7 nitrogen and oxygen atoms in total. The van der Waals surface area contributed by atoms with Crippen LogP contribution in [0.1, 0.15) is 32.1 Å². The smallest absolute Gasteiger partial charge is 0.267 e. The number of carbonyl (C=O) groups excluding carboxylic acids is 3. The number of carbonyl (C=O) groups is 3. The van der Waals surface area contributed by atoms with Crippen molar-refractivity contribution in [2.24, 2.45) is 11.0 Å². The Bertz CT molecular complexity index is 484. The van der Waals surface area contributed by atoms with Crippen molar-refractivity contribution in [3.05, 3.63) is 0 Å². The van der Waals surface area contributed by atoms with Gasteiger partial charge in [0.05, 0.1) is 0 Å². The van der Waals surface area contributed by atoms with Gasteiger partial charge in [0, 0.05) is 44.3 Å². The van der Waals surface area contributed by atoms with E-state index in [9.17, 15) is 14.4 Å². The van der Waals surface area contributed by atoms with Crippen molar-refractivity contribution >= 4 is 23.4 Å². The first kappa shape index (κ1) is 13.1. The lowest BCUT2D eigenvalue weighted by Gasteiger charge is -2.16. The Hall–Kier alpha value is -1.92. The molecule has 3 rings (SSSR count). The lowest BCUT2D eigenvalue weighted by molar-refractivity contribution is -0.128. The summed E-state index contributed by atoms with van der Waals surface area (Å²) in [6.07, 6.45) is 3.40. The zero-order valence-corrected chi connectivity index (χ0v) is 11.2. The van der Waals surface area contributed by atoms with Crippen LogP contribution in [0, 0.1) is 5.92 Å². The molecule has 1 saturated carbocycles. The van der Waals surface area contributed by atoms with Gasteiger partial charge in [-0.25, -0.2) is 5.43 Å². The Morgan fingerprint density at radius 3 is 2.80 bits per heavy atom. The van der Waals surface area contributed by atoms with Gasteiger partial charge in [0.2, 0.25) is 11.8 Å². The van der Waals surface area contributed by atoms with Crippen molar-refractivity contribution in [3.63, 3.8) is 0 Å². The minimum absolute atomic E-state index is 0.164. The van der Waals surface area contributed by atoms with Gasteiger partial charge in [0.25, 0.3) is 5.91 Å². The second kappa shape index (κ2) is 5.22. The molecule has 1 unspecified atom stereocenters. The minimum atomic E-state index is -0.248. The highest BCUT2D eigenvalue weighted by Gasteiger charge is 2.39. The Morgan fingerprint density at radius 2 is 2.15 bits per heavy atom. The molecule has 108 valence electrons. The highest BCUT2D eigenvalue weighted by atomic mass is 16.2. The van der Waals surface area contributed by atoms with E-state index in [2.05, 4.69) is 15.8 Å².